The second-order valence-electron chi connectivity index (χ2n) is 5.92. The van der Waals surface area contributed by atoms with Crippen molar-refractivity contribution in [3.05, 3.63) is 23.2 Å². The zero-order valence-electron chi connectivity index (χ0n) is 14.6. The minimum Gasteiger partial charge on any atom is -0.497 e. The zero-order chi connectivity index (χ0) is 18.9. The highest BCUT2D eigenvalue weighted by Crippen LogP contribution is 2.44. The van der Waals surface area contributed by atoms with Crippen LogP contribution in [0.25, 0.3) is 0 Å². The van der Waals surface area contributed by atoms with Gasteiger partial charge in [0.1, 0.15) is 22.9 Å². The first-order chi connectivity index (χ1) is 11.8. The van der Waals surface area contributed by atoms with Crippen LogP contribution in [0.2, 0.25) is 5.02 Å². The quantitative estimate of drug-likeness (QED) is 0.409. The molecular weight excluding hydrogens is 367 g/mol. The maximum atomic E-state index is 11.3. The number of benzene rings is 1. The van der Waals surface area contributed by atoms with E-state index < -0.39 is 19.0 Å². The Morgan fingerprint density at radius 1 is 1.20 bits per heavy atom. The van der Waals surface area contributed by atoms with Gasteiger partial charge >= 0.3 is 7.60 Å². The molecule has 6 nitrogen and oxygen atoms in total. The fourth-order valence-electron chi connectivity index (χ4n) is 2.49. The van der Waals surface area contributed by atoms with Crippen molar-refractivity contribution >= 4 is 25.0 Å². The maximum absolute atomic E-state index is 11.3. The summed E-state index contributed by atoms with van der Waals surface area (Å²) in [7, 11) is -2.76. The fraction of sp³-hybridized carbons (Fsp3) is 0.588. The van der Waals surface area contributed by atoms with Crippen LogP contribution < -0.4 is 9.47 Å². The van der Waals surface area contributed by atoms with Gasteiger partial charge in [0.2, 0.25) is 0 Å². The predicted octanol–water partition coefficient (Wildman–Crippen LogP) is 4.20. The number of Topliss-reactive ketones (excluding diaryl/α,β-unsaturated/α-hetero) is 1. The highest BCUT2D eigenvalue weighted by molar-refractivity contribution is 7.53. The van der Waals surface area contributed by atoms with Crippen molar-refractivity contribution in [1.82, 2.24) is 0 Å². The molecule has 0 radical (unpaired) electrons. The van der Waals surface area contributed by atoms with Gasteiger partial charge in [-0.05, 0) is 31.9 Å². The third kappa shape index (κ3) is 8.23. The van der Waals surface area contributed by atoms with Gasteiger partial charge in [-0.2, -0.15) is 0 Å². The summed E-state index contributed by atoms with van der Waals surface area (Å²) in [6, 6.07) is 5.25. The Morgan fingerprint density at radius 2 is 1.84 bits per heavy atom. The van der Waals surface area contributed by atoms with Crippen molar-refractivity contribution in [2.75, 3.05) is 13.7 Å². The van der Waals surface area contributed by atoms with Gasteiger partial charge in [0.05, 0.1) is 18.7 Å². The van der Waals surface area contributed by atoms with Crippen LogP contribution in [0, 0.1) is 0 Å². The minimum atomic E-state index is -4.33. The fourth-order valence-corrected chi connectivity index (χ4v) is 3.70. The summed E-state index contributed by atoms with van der Waals surface area (Å²) in [6.07, 6.45) is 4.40. The predicted molar refractivity (Wildman–Crippen MR) is 97.7 cm³/mol. The lowest BCUT2D eigenvalue weighted by molar-refractivity contribution is -0.117. The highest BCUT2D eigenvalue weighted by Gasteiger charge is 2.31. The Hall–Kier alpha value is -1.07. The molecule has 0 aliphatic heterocycles. The molecule has 2 N–H and O–H groups in total. The van der Waals surface area contributed by atoms with Crippen LogP contribution in [-0.4, -0.2) is 34.9 Å². The molecule has 0 saturated carbocycles. The van der Waals surface area contributed by atoms with E-state index in [1.807, 2.05) is 0 Å². The van der Waals surface area contributed by atoms with Crippen LogP contribution in [0.1, 0.15) is 45.4 Å². The normalized spacial score (nSPS) is 12.7. The van der Waals surface area contributed by atoms with E-state index in [0.29, 0.717) is 29.5 Å². The van der Waals surface area contributed by atoms with Gasteiger partial charge < -0.3 is 19.3 Å². The number of carbonyl (C=O) groups excluding carboxylic acids is 1. The van der Waals surface area contributed by atoms with Crippen molar-refractivity contribution in [2.24, 2.45) is 0 Å². The van der Waals surface area contributed by atoms with Crippen molar-refractivity contribution in [3.63, 3.8) is 0 Å². The Labute approximate surface area is 153 Å². The van der Waals surface area contributed by atoms with Crippen molar-refractivity contribution in [3.8, 4) is 11.5 Å². The van der Waals surface area contributed by atoms with E-state index in [4.69, 9.17) is 30.9 Å². The summed E-state index contributed by atoms with van der Waals surface area (Å²) in [6.45, 7) is 1.77. The molecule has 1 aromatic carbocycles. The average molecular weight is 393 g/mol. The number of ether oxygens (including phenoxy) is 2. The molecule has 1 aromatic rings. The summed E-state index contributed by atoms with van der Waals surface area (Å²) in [4.78, 5) is 29.5. The molecule has 142 valence electrons. The number of methoxy groups -OCH3 is 1. The Bertz CT molecular complexity index is 601. The van der Waals surface area contributed by atoms with E-state index in [0.717, 1.165) is 25.7 Å². The number of unbranched alkanes of at least 4 members (excludes halogenated alkanes) is 4. The number of carbonyl (C=O) groups is 1. The third-order valence-electron chi connectivity index (χ3n) is 3.89. The zero-order valence-corrected chi connectivity index (χ0v) is 16.3. The van der Waals surface area contributed by atoms with Gasteiger partial charge in [-0.15, -0.1) is 0 Å². The van der Waals surface area contributed by atoms with Gasteiger partial charge in [-0.25, -0.2) is 0 Å². The Kier molecular flexibility index (Phi) is 9.51. The van der Waals surface area contributed by atoms with Crippen molar-refractivity contribution in [2.45, 2.75) is 51.1 Å². The van der Waals surface area contributed by atoms with Crippen molar-refractivity contribution < 1.29 is 28.6 Å². The minimum absolute atomic E-state index is 0.234. The molecule has 25 heavy (non-hydrogen) atoms. The average Bonchev–Trinajstić information content (AvgIpc) is 2.52. The molecule has 0 aliphatic carbocycles. The van der Waals surface area contributed by atoms with E-state index in [1.165, 1.54) is 6.92 Å². The molecular formula is C17H26ClO6P. The molecule has 1 rings (SSSR count). The molecule has 0 aliphatic rings. The first-order valence-electron chi connectivity index (χ1n) is 8.27. The summed E-state index contributed by atoms with van der Waals surface area (Å²) >= 11 is 6.09. The lowest BCUT2D eigenvalue weighted by Gasteiger charge is -2.15. The number of ketones is 1. The van der Waals surface area contributed by atoms with Gasteiger partial charge in [-0.1, -0.05) is 37.3 Å². The second-order valence-corrected chi connectivity index (χ2v) is 8.13. The monoisotopic (exact) mass is 392 g/mol. The van der Waals surface area contributed by atoms with Crippen LogP contribution >= 0.6 is 19.2 Å². The summed E-state index contributed by atoms with van der Waals surface area (Å²) in [5.41, 5.74) is -1.16. The third-order valence-corrected chi connectivity index (χ3v) is 5.62. The standard InChI is InChI=1S/C17H26ClO6P/c1-13(19)17(25(20,21)22)8-6-4-3-5-7-11-24-16-10-9-14(23-2)12-15(16)18/h9-10,12,17H,3-8,11H2,1-2H3,(H2,20,21,22). The molecule has 0 fully saturated rings. The molecule has 0 spiro atoms. The number of halogens is 1. The highest BCUT2D eigenvalue weighted by atomic mass is 35.5. The van der Waals surface area contributed by atoms with Gasteiger partial charge in [0.25, 0.3) is 0 Å². The first-order valence-corrected chi connectivity index (χ1v) is 10.3. The van der Waals surface area contributed by atoms with Crippen LogP contribution in [0.15, 0.2) is 18.2 Å². The smallest absolute Gasteiger partial charge is 0.335 e. The largest absolute Gasteiger partial charge is 0.497 e. The SMILES string of the molecule is COc1ccc(OCCCCCCCC(C(C)=O)P(=O)(O)O)c(Cl)c1. The van der Waals surface area contributed by atoms with Crippen LogP contribution in [0.3, 0.4) is 0 Å². The topological polar surface area (TPSA) is 93.1 Å². The van der Waals surface area contributed by atoms with Gasteiger partial charge in [0.15, 0.2) is 0 Å². The first kappa shape index (κ1) is 22.0. The maximum Gasteiger partial charge on any atom is 0.335 e. The summed E-state index contributed by atoms with van der Waals surface area (Å²) < 4.78 is 21.9. The molecule has 0 heterocycles. The number of hydrogen-bond acceptors (Lipinski definition) is 4. The molecule has 1 unspecified atom stereocenters. The number of rotatable bonds is 12. The van der Waals surface area contributed by atoms with Gasteiger partial charge in [-0.3, -0.25) is 9.36 Å². The van der Waals surface area contributed by atoms with E-state index >= 15 is 0 Å². The van der Waals surface area contributed by atoms with Crippen LogP contribution in [0.5, 0.6) is 11.5 Å². The lowest BCUT2D eigenvalue weighted by Crippen LogP contribution is -2.17. The van der Waals surface area contributed by atoms with E-state index in [2.05, 4.69) is 0 Å². The Balaban J connectivity index is 2.16. The lowest BCUT2D eigenvalue weighted by atomic mass is 10.1. The Morgan fingerprint density at radius 3 is 2.40 bits per heavy atom. The van der Waals surface area contributed by atoms with E-state index in [9.17, 15) is 9.36 Å². The summed E-state index contributed by atoms with van der Waals surface area (Å²) in [5.74, 6) is 0.850. The molecule has 0 amide bonds. The molecule has 1 atom stereocenters. The van der Waals surface area contributed by atoms with Gasteiger partial charge in [0, 0.05) is 6.07 Å². The second kappa shape index (κ2) is 10.8. The van der Waals surface area contributed by atoms with Crippen LogP contribution in [-0.2, 0) is 9.36 Å². The number of hydrogen-bond donors (Lipinski definition) is 2. The summed E-state index contributed by atoms with van der Waals surface area (Å²) in [5, 5.41) is 0.507. The van der Waals surface area contributed by atoms with E-state index in [-0.39, 0.29) is 6.42 Å². The van der Waals surface area contributed by atoms with Crippen molar-refractivity contribution in [1.29, 1.82) is 0 Å². The van der Waals surface area contributed by atoms with Crippen LogP contribution in [0.4, 0.5) is 0 Å². The molecule has 0 aromatic heterocycles. The molecule has 8 heteroatoms. The van der Waals surface area contributed by atoms with E-state index in [1.54, 1.807) is 25.3 Å². The molecule has 0 bridgehead atoms. The molecule has 0 saturated heterocycles.